The minimum atomic E-state index is -1.48. The van der Waals surface area contributed by atoms with Crippen LogP contribution in [-0.2, 0) is 24.0 Å². The van der Waals surface area contributed by atoms with Crippen molar-refractivity contribution >= 4 is 29.7 Å². The van der Waals surface area contributed by atoms with Crippen molar-refractivity contribution in [2.75, 3.05) is 6.54 Å². The molecule has 11 heteroatoms. The van der Waals surface area contributed by atoms with E-state index < -0.39 is 60.8 Å². The normalized spacial score (nSPS) is 14.0. The molecule has 3 atom stereocenters. The van der Waals surface area contributed by atoms with E-state index in [1.54, 1.807) is 0 Å². The molecule has 0 aromatic heterocycles. The highest BCUT2D eigenvalue weighted by Crippen LogP contribution is 1.95. The molecule has 0 saturated carbocycles. The number of aliphatic carboxylic acids is 2. The molecule has 0 aromatic rings. The van der Waals surface area contributed by atoms with Gasteiger partial charge < -0.3 is 31.9 Å². The van der Waals surface area contributed by atoms with Crippen LogP contribution in [0.25, 0.3) is 0 Å². The summed E-state index contributed by atoms with van der Waals surface area (Å²) in [6.45, 7) is 2.09. The molecule has 3 amide bonds. The summed E-state index contributed by atoms with van der Waals surface area (Å²) in [6.07, 6.45) is -0.745. The first kappa shape index (κ1) is 20.3. The first-order chi connectivity index (χ1) is 10.5. The molecule has 0 aliphatic carbocycles. The van der Waals surface area contributed by atoms with Gasteiger partial charge >= 0.3 is 11.9 Å². The van der Waals surface area contributed by atoms with Crippen molar-refractivity contribution in [1.29, 1.82) is 0 Å². The van der Waals surface area contributed by atoms with E-state index in [-0.39, 0.29) is 0 Å². The van der Waals surface area contributed by atoms with E-state index in [1.165, 1.54) is 13.8 Å². The molecular formula is C12H20N4O7. The molecule has 0 bridgehead atoms. The maximum atomic E-state index is 11.8. The monoisotopic (exact) mass is 332 g/mol. The van der Waals surface area contributed by atoms with Crippen LogP contribution in [0, 0.1) is 0 Å². The zero-order chi connectivity index (χ0) is 18.2. The summed E-state index contributed by atoms with van der Waals surface area (Å²) in [6, 6.07) is -3.57. The third-order valence-corrected chi connectivity index (χ3v) is 2.60. The van der Waals surface area contributed by atoms with Crippen LogP contribution >= 0.6 is 0 Å². The Bertz CT molecular complexity index is 492. The summed E-state index contributed by atoms with van der Waals surface area (Å²) < 4.78 is 0. The third kappa shape index (κ3) is 8.36. The standard InChI is InChI=1S/C12H20N4O7/c1-5(13)10(20)14-4-8(17)16-7(3-9(18)19)11(21)15-6(2)12(22)23/h5-7H,3-4,13H2,1-2H3,(H,14,20)(H,15,21)(H,16,17)(H,18,19)(H,22,23). The molecule has 23 heavy (non-hydrogen) atoms. The van der Waals surface area contributed by atoms with Crippen LogP contribution in [-0.4, -0.2) is 64.5 Å². The predicted molar refractivity (Wildman–Crippen MR) is 76.1 cm³/mol. The quantitative estimate of drug-likeness (QED) is 0.257. The minimum Gasteiger partial charge on any atom is -0.481 e. The van der Waals surface area contributed by atoms with Crippen LogP contribution in [0.5, 0.6) is 0 Å². The van der Waals surface area contributed by atoms with Gasteiger partial charge in [0, 0.05) is 0 Å². The van der Waals surface area contributed by atoms with Gasteiger partial charge in [0.2, 0.25) is 17.7 Å². The van der Waals surface area contributed by atoms with E-state index in [4.69, 9.17) is 15.9 Å². The van der Waals surface area contributed by atoms with E-state index in [0.717, 1.165) is 0 Å². The van der Waals surface area contributed by atoms with Gasteiger partial charge in [0.05, 0.1) is 19.0 Å². The van der Waals surface area contributed by atoms with Gasteiger partial charge in [0.15, 0.2) is 0 Å². The van der Waals surface area contributed by atoms with Gasteiger partial charge in [-0.25, -0.2) is 0 Å². The Morgan fingerprint density at radius 1 is 1.00 bits per heavy atom. The van der Waals surface area contributed by atoms with Gasteiger partial charge in [-0.1, -0.05) is 0 Å². The molecular weight excluding hydrogens is 312 g/mol. The summed E-state index contributed by atoms with van der Waals surface area (Å²) in [7, 11) is 0. The zero-order valence-electron chi connectivity index (χ0n) is 12.7. The molecule has 0 aliphatic rings. The van der Waals surface area contributed by atoms with Crippen molar-refractivity contribution in [3.05, 3.63) is 0 Å². The summed E-state index contributed by atoms with van der Waals surface area (Å²) in [5, 5.41) is 23.8. The molecule has 7 N–H and O–H groups in total. The number of carboxylic acids is 2. The molecule has 0 rings (SSSR count). The first-order valence-electron chi connectivity index (χ1n) is 6.62. The number of nitrogens with two attached hydrogens (primary N) is 1. The van der Waals surface area contributed by atoms with E-state index in [1.807, 2.05) is 5.32 Å². The van der Waals surface area contributed by atoms with Gasteiger partial charge in [-0.15, -0.1) is 0 Å². The smallest absolute Gasteiger partial charge is 0.325 e. The molecule has 0 fully saturated rings. The molecule has 0 saturated heterocycles. The van der Waals surface area contributed by atoms with Crippen molar-refractivity contribution in [3.63, 3.8) is 0 Å². The summed E-state index contributed by atoms with van der Waals surface area (Å²) in [5.41, 5.74) is 5.28. The second-order valence-corrected chi connectivity index (χ2v) is 4.79. The van der Waals surface area contributed by atoms with Crippen molar-refractivity contribution in [2.24, 2.45) is 5.73 Å². The molecule has 130 valence electrons. The SMILES string of the molecule is CC(N)C(=O)NCC(=O)NC(CC(=O)O)C(=O)NC(C)C(=O)O. The average Bonchev–Trinajstić information content (AvgIpc) is 2.42. The fourth-order valence-electron chi connectivity index (χ4n) is 1.33. The van der Waals surface area contributed by atoms with Crippen LogP contribution in [0.3, 0.4) is 0 Å². The van der Waals surface area contributed by atoms with Gasteiger partial charge in [-0.2, -0.15) is 0 Å². The largest absolute Gasteiger partial charge is 0.481 e. The molecule has 3 unspecified atom stereocenters. The maximum Gasteiger partial charge on any atom is 0.325 e. The lowest BCUT2D eigenvalue weighted by Gasteiger charge is -2.18. The van der Waals surface area contributed by atoms with Crippen molar-refractivity contribution < 1.29 is 34.2 Å². The Labute approximate surface area is 131 Å². The molecule has 0 spiro atoms. The molecule has 0 radical (unpaired) electrons. The average molecular weight is 332 g/mol. The number of nitrogens with one attached hydrogen (secondary N) is 3. The van der Waals surface area contributed by atoms with Crippen LogP contribution < -0.4 is 21.7 Å². The highest BCUT2D eigenvalue weighted by atomic mass is 16.4. The first-order valence-corrected chi connectivity index (χ1v) is 6.62. The number of rotatable bonds is 9. The van der Waals surface area contributed by atoms with Crippen LogP contribution in [0.15, 0.2) is 0 Å². The Balaban J connectivity index is 4.69. The van der Waals surface area contributed by atoms with Gasteiger partial charge in [-0.3, -0.25) is 24.0 Å². The number of hydrogen-bond acceptors (Lipinski definition) is 6. The van der Waals surface area contributed by atoms with Gasteiger partial charge in [0.25, 0.3) is 0 Å². The molecule has 0 aromatic carbocycles. The van der Waals surface area contributed by atoms with Crippen LogP contribution in [0.2, 0.25) is 0 Å². The Morgan fingerprint density at radius 2 is 1.57 bits per heavy atom. The van der Waals surface area contributed by atoms with E-state index >= 15 is 0 Å². The minimum absolute atomic E-state index is 0.502. The van der Waals surface area contributed by atoms with Gasteiger partial charge in [0.1, 0.15) is 12.1 Å². The van der Waals surface area contributed by atoms with Crippen LogP contribution in [0.4, 0.5) is 0 Å². The third-order valence-electron chi connectivity index (χ3n) is 2.60. The van der Waals surface area contributed by atoms with E-state index in [0.29, 0.717) is 0 Å². The maximum absolute atomic E-state index is 11.8. The molecule has 0 aliphatic heterocycles. The fraction of sp³-hybridized carbons (Fsp3) is 0.583. The fourth-order valence-corrected chi connectivity index (χ4v) is 1.33. The number of carbonyl (C=O) groups is 5. The topological polar surface area (TPSA) is 188 Å². The summed E-state index contributed by atoms with van der Waals surface area (Å²) in [5.74, 6) is -5.06. The van der Waals surface area contributed by atoms with Crippen molar-refractivity contribution in [2.45, 2.75) is 38.4 Å². The Kier molecular flexibility index (Phi) is 8.26. The van der Waals surface area contributed by atoms with E-state index in [9.17, 15) is 24.0 Å². The lowest BCUT2D eigenvalue weighted by Crippen LogP contribution is -2.53. The van der Waals surface area contributed by atoms with Gasteiger partial charge in [-0.05, 0) is 13.8 Å². The van der Waals surface area contributed by atoms with E-state index in [2.05, 4.69) is 10.6 Å². The number of hydrogen-bond donors (Lipinski definition) is 6. The lowest BCUT2D eigenvalue weighted by atomic mass is 10.1. The van der Waals surface area contributed by atoms with Crippen molar-refractivity contribution in [3.8, 4) is 0 Å². The predicted octanol–water partition coefficient (Wildman–Crippen LogP) is -3.00. The summed E-state index contributed by atoms with van der Waals surface area (Å²) >= 11 is 0. The zero-order valence-corrected chi connectivity index (χ0v) is 12.7. The van der Waals surface area contributed by atoms with Crippen LogP contribution in [0.1, 0.15) is 20.3 Å². The summed E-state index contributed by atoms with van der Waals surface area (Å²) in [4.78, 5) is 56.1. The Morgan fingerprint density at radius 3 is 2.00 bits per heavy atom. The second kappa shape index (κ2) is 9.35. The number of carbonyl (C=O) groups excluding carboxylic acids is 3. The number of amides is 3. The Hall–Kier alpha value is -2.69. The number of carboxylic acid groups (broad SMARTS) is 2. The lowest BCUT2D eigenvalue weighted by molar-refractivity contribution is -0.143. The molecule has 11 nitrogen and oxygen atoms in total. The molecule has 0 heterocycles. The second-order valence-electron chi connectivity index (χ2n) is 4.79. The highest BCUT2D eigenvalue weighted by molar-refractivity contribution is 5.94. The van der Waals surface area contributed by atoms with Crippen molar-refractivity contribution in [1.82, 2.24) is 16.0 Å². The highest BCUT2D eigenvalue weighted by Gasteiger charge is 2.26.